The van der Waals surface area contributed by atoms with Crippen LogP contribution in [0.15, 0.2) is 41.9 Å². The number of carbonyl (C=O) groups is 1. The van der Waals surface area contributed by atoms with Gasteiger partial charge in [-0.2, -0.15) is 0 Å². The lowest BCUT2D eigenvalue weighted by Crippen LogP contribution is -2.36. The molecule has 1 aliphatic heterocycles. The molecule has 0 atom stereocenters. The molecule has 3 aromatic rings. The quantitative estimate of drug-likeness (QED) is 0.727. The van der Waals surface area contributed by atoms with E-state index in [2.05, 4.69) is 20.2 Å². The van der Waals surface area contributed by atoms with E-state index in [1.807, 2.05) is 50.4 Å². The number of amides is 1. The van der Waals surface area contributed by atoms with E-state index in [1.54, 1.807) is 5.38 Å². The Morgan fingerprint density at radius 1 is 1.18 bits per heavy atom. The summed E-state index contributed by atoms with van der Waals surface area (Å²) < 4.78 is 5.38. The van der Waals surface area contributed by atoms with Crippen LogP contribution in [0, 0.1) is 13.8 Å². The average Bonchev–Trinajstić information content (AvgIpc) is 3.21. The molecule has 0 unspecified atom stereocenters. The Morgan fingerprint density at radius 2 is 2.00 bits per heavy atom. The van der Waals surface area contributed by atoms with Gasteiger partial charge in [0.1, 0.15) is 16.5 Å². The zero-order valence-electron chi connectivity index (χ0n) is 15.9. The minimum atomic E-state index is -0.202. The van der Waals surface area contributed by atoms with Gasteiger partial charge in [-0.15, -0.1) is 11.3 Å². The molecule has 2 aromatic heterocycles. The van der Waals surface area contributed by atoms with Crippen LogP contribution in [0.5, 0.6) is 0 Å². The third-order valence-corrected chi connectivity index (χ3v) is 5.59. The Balaban J connectivity index is 1.46. The van der Waals surface area contributed by atoms with Crippen molar-refractivity contribution in [2.45, 2.75) is 13.8 Å². The zero-order chi connectivity index (χ0) is 19.5. The molecule has 0 saturated carbocycles. The van der Waals surface area contributed by atoms with Crippen molar-refractivity contribution in [1.29, 1.82) is 0 Å². The number of nitrogens with one attached hydrogen (secondary N) is 1. The number of carbonyl (C=O) groups excluding carboxylic acids is 1. The lowest BCUT2D eigenvalue weighted by Gasteiger charge is -2.27. The number of hydrogen-bond donors (Lipinski definition) is 1. The molecule has 0 spiro atoms. The Morgan fingerprint density at radius 3 is 2.71 bits per heavy atom. The van der Waals surface area contributed by atoms with Gasteiger partial charge in [-0.05, 0) is 37.6 Å². The number of aromatic nitrogens is 2. The summed E-state index contributed by atoms with van der Waals surface area (Å²) in [6.07, 6.45) is 1.81. The van der Waals surface area contributed by atoms with Gasteiger partial charge in [0.05, 0.1) is 13.2 Å². The van der Waals surface area contributed by atoms with Gasteiger partial charge < -0.3 is 15.0 Å². The normalized spacial score (nSPS) is 14.1. The lowest BCUT2D eigenvalue weighted by atomic mass is 10.1. The fourth-order valence-electron chi connectivity index (χ4n) is 3.14. The Kier molecular flexibility index (Phi) is 5.36. The smallest absolute Gasteiger partial charge is 0.275 e. The highest BCUT2D eigenvalue weighted by molar-refractivity contribution is 7.13. The summed E-state index contributed by atoms with van der Waals surface area (Å²) in [7, 11) is 0. The molecule has 0 aliphatic carbocycles. The number of nitrogens with zero attached hydrogens (tertiary/aromatic N) is 3. The van der Waals surface area contributed by atoms with Crippen LogP contribution >= 0.6 is 11.3 Å². The van der Waals surface area contributed by atoms with Gasteiger partial charge in [-0.25, -0.2) is 9.97 Å². The van der Waals surface area contributed by atoms with E-state index in [1.165, 1.54) is 16.9 Å². The number of pyridine rings is 1. The van der Waals surface area contributed by atoms with E-state index in [9.17, 15) is 4.79 Å². The van der Waals surface area contributed by atoms with Crippen LogP contribution in [0.3, 0.4) is 0 Å². The van der Waals surface area contributed by atoms with Crippen LogP contribution in [0.2, 0.25) is 0 Å². The number of anilines is 2. The van der Waals surface area contributed by atoms with E-state index in [4.69, 9.17) is 4.74 Å². The molecule has 1 fully saturated rings. The molecule has 6 nitrogen and oxygen atoms in total. The number of ether oxygens (including phenoxy) is 1. The van der Waals surface area contributed by atoms with E-state index in [-0.39, 0.29) is 5.91 Å². The number of aryl methyl sites for hydroxylation is 2. The van der Waals surface area contributed by atoms with Crippen LogP contribution in [-0.4, -0.2) is 42.2 Å². The maximum Gasteiger partial charge on any atom is 0.275 e. The molecular weight excluding hydrogens is 372 g/mol. The van der Waals surface area contributed by atoms with Crippen molar-refractivity contribution in [1.82, 2.24) is 9.97 Å². The fourth-order valence-corrected chi connectivity index (χ4v) is 3.93. The lowest BCUT2D eigenvalue weighted by molar-refractivity contribution is 0.102. The monoisotopic (exact) mass is 394 g/mol. The van der Waals surface area contributed by atoms with Crippen LogP contribution in [0.25, 0.3) is 10.6 Å². The van der Waals surface area contributed by atoms with Crippen LogP contribution in [0.1, 0.15) is 21.6 Å². The number of morpholine rings is 1. The first-order valence-electron chi connectivity index (χ1n) is 9.23. The van der Waals surface area contributed by atoms with E-state index in [0.29, 0.717) is 5.69 Å². The van der Waals surface area contributed by atoms with Crippen molar-refractivity contribution >= 4 is 28.7 Å². The number of benzene rings is 1. The minimum Gasteiger partial charge on any atom is -0.378 e. The van der Waals surface area contributed by atoms with Gasteiger partial charge >= 0.3 is 0 Å². The second-order valence-electron chi connectivity index (χ2n) is 6.81. The standard InChI is InChI=1S/C21H22N4O2S/c1-14-3-5-17(15(2)11-14)23-20(26)18-13-28-21(24-18)16-4-6-19(22-12-16)25-7-9-27-10-8-25/h3-6,11-13H,7-10H2,1-2H3,(H,23,26). The molecule has 28 heavy (non-hydrogen) atoms. The summed E-state index contributed by atoms with van der Waals surface area (Å²) >= 11 is 1.44. The average molecular weight is 395 g/mol. The first-order valence-corrected chi connectivity index (χ1v) is 10.1. The molecule has 4 rings (SSSR count). The van der Waals surface area contributed by atoms with Crippen molar-refractivity contribution in [3.8, 4) is 10.6 Å². The highest BCUT2D eigenvalue weighted by atomic mass is 32.1. The number of rotatable bonds is 4. The predicted octanol–water partition coefficient (Wildman–Crippen LogP) is 3.91. The molecule has 1 aliphatic rings. The summed E-state index contributed by atoms with van der Waals surface area (Å²) in [5, 5.41) is 5.51. The maximum atomic E-state index is 12.6. The highest BCUT2D eigenvalue weighted by Crippen LogP contribution is 2.26. The van der Waals surface area contributed by atoms with Gasteiger partial charge in [0.15, 0.2) is 0 Å². The third-order valence-electron chi connectivity index (χ3n) is 4.70. The van der Waals surface area contributed by atoms with Gasteiger partial charge in [-0.3, -0.25) is 4.79 Å². The topological polar surface area (TPSA) is 67.4 Å². The summed E-state index contributed by atoms with van der Waals surface area (Å²) in [5.41, 5.74) is 4.33. The maximum absolute atomic E-state index is 12.6. The van der Waals surface area contributed by atoms with Gasteiger partial charge in [0, 0.05) is 35.9 Å². The molecule has 0 bridgehead atoms. The Labute approximate surface area is 168 Å². The van der Waals surface area contributed by atoms with Crippen LogP contribution in [-0.2, 0) is 4.74 Å². The molecule has 1 saturated heterocycles. The molecule has 1 N–H and O–H groups in total. The molecule has 0 radical (unpaired) electrons. The van der Waals surface area contributed by atoms with E-state index in [0.717, 1.165) is 53.9 Å². The Hall–Kier alpha value is -2.77. The fraction of sp³-hybridized carbons (Fsp3) is 0.286. The molecule has 1 aromatic carbocycles. The van der Waals surface area contributed by atoms with Gasteiger partial charge in [-0.1, -0.05) is 17.7 Å². The van der Waals surface area contributed by atoms with E-state index >= 15 is 0 Å². The molecular formula is C21H22N4O2S. The Bertz CT molecular complexity index is 978. The molecule has 7 heteroatoms. The second-order valence-corrected chi connectivity index (χ2v) is 7.67. The minimum absolute atomic E-state index is 0.202. The third kappa shape index (κ3) is 4.05. The SMILES string of the molecule is Cc1ccc(NC(=O)c2csc(-c3ccc(N4CCOCC4)nc3)n2)c(C)c1. The molecule has 3 heterocycles. The van der Waals surface area contributed by atoms with E-state index < -0.39 is 0 Å². The largest absolute Gasteiger partial charge is 0.378 e. The first-order chi connectivity index (χ1) is 13.6. The van der Waals surface area contributed by atoms with Crippen LogP contribution < -0.4 is 10.2 Å². The molecule has 144 valence electrons. The van der Waals surface area contributed by atoms with Crippen molar-refractivity contribution in [2.24, 2.45) is 0 Å². The first kappa shape index (κ1) is 18.6. The molecule has 1 amide bonds. The van der Waals surface area contributed by atoms with Crippen molar-refractivity contribution in [3.05, 3.63) is 58.7 Å². The zero-order valence-corrected chi connectivity index (χ0v) is 16.8. The number of hydrogen-bond acceptors (Lipinski definition) is 6. The summed E-state index contributed by atoms with van der Waals surface area (Å²) in [5.74, 6) is 0.740. The summed E-state index contributed by atoms with van der Waals surface area (Å²) in [4.78, 5) is 23.8. The van der Waals surface area contributed by atoms with Crippen LogP contribution in [0.4, 0.5) is 11.5 Å². The second kappa shape index (κ2) is 8.08. The van der Waals surface area contributed by atoms with Gasteiger partial charge in [0.2, 0.25) is 0 Å². The summed E-state index contributed by atoms with van der Waals surface area (Å²) in [6, 6.07) is 9.95. The van der Waals surface area contributed by atoms with Crippen molar-refractivity contribution < 1.29 is 9.53 Å². The van der Waals surface area contributed by atoms with Crippen molar-refractivity contribution in [2.75, 3.05) is 36.5 Å². The predicted molar refractivity (Wildman–Crippen MR) is 112 cm³/mol. The highest BCUT2D eigenvalue weighted by Gasteiger charge is 2.15. The number of thiazole rings is 1. The summed E-state index contributed by atoms with van der Waals surface area (Å²) in [6.45, 7) is 7.18. The van der Waals surface area contributed by atoms with Crippen molar-refractivity contribution in [3.63, 3.8) is 0 Å². The van der Waals surface area contributed by atoms with Gasteiger partial charge in [0.25, 0.3) is 5.91 Å².